The predicted octanol–water partition coefficient (Wildman–Crippen LogP) is 1.36. The molecule has 0 amide bonds. The minimum Gasteiger partial charge on any atom is -0.387 e. The highest BCUT2D eigenvalue weighted by atomic mass is 14.7. The Bertz CT molecular complexity index is 116. The molecule has 0 radical (unpaired) electrons. The molecule has 3 N–H and O–H groups in total. The minimum absolute atomic E-state index is 0.332. The molecule has 0 heterocycles. The largest absolute Gasteiger partial charge is 0.387 e. The molecule has 52 valence electrons. The lowest BCUT2D eigenvalue weighted by atomic mass is 9.76. The van der Waals surface area contributed by atoms with Gasteiger partial charge >= 0.3 is 0 Å². The monoisotopic (exact) mass is 126 g/mol. The Balaban J connectivity index is 2.32. The Morgan fingerprint density at radius 3 is 2.33 bits per heavy atom. The van der Waals surface area contributed by atoms with Gasteiger partial charge in [-0.2, -0.15) is 0 Å². The molecule has 0 aliphatic heterocycles. The summed E-state index contributed by atoms with van der Waals surface area (Å²) in [5.74, 6) is 1.42. The molecule has 0 aromatic carbocycles. The summed E-state index contributed by atoms with van der Waals surface area (Å²) >= 11 is 0. The molecule has 2 heteroatoms. The van der Waals surface area contributed by atoms with Gasteiger partial charge in [0.25, 0.3) is 0 Å². The van der Waals surface area contributed by atoms with Crippen molar-refractivity contribution in [3.63, 3.8) is 0 Å². The third kappa shape index (κ3) is 1.23. The van der Waals surface area contributed by atoms with E-state index >= 15 is 0 Å². The standard InChI is InChI=1S/C7H14N2/c1-5(7(8)9)6-3-2-4-6/h5-6H,2-4H2,1H3,(H3,8,9)/t5-/m0/s1. The summed E-state index contributed by atoms with van der Waals surface area (Å²) in [7, 11) is 0. The van der Waals surface area contributed by atoms with E-state index < -0.39 is 0 Å². The Kier molecular flexibility index (Phi) is 1.74. The van der Waals surface area contributed by atoms with Crippen molar-refractivity contribution in [1.82, 2.24) is 0 Å². The molecule has 1 aliphatic carbocycles. The zero-order valence-corrected chi connectivity index (χ0v) is 5.85. The molecule has 2 nitrogen and oxygen atoms in total. The molecule has 1 atom stereocenters. The van der Waals surface area contributed by atoms with Crippen molar-refractivity contribution in [1.29, 1.82) is 5.41 Å². The van der Waals surface area contributed by atoms with Gasteiger partial charge in [-0.25, -0.2) is 0 Å². The molecule has 0 spiro atoms. The molecule has 9 heavy (non-hydrogen) atoms. The molecule has 0 unspecified atom stereocenters. The molecule has 0 bridgehead atoms. The van der Waals surface area contributed by atoms with E-state index in [0.717, 1.165) is 5.92 Å². The van der Waals surface area contributed by atoms with Crippen LogP contribution in [0.1, 0.15) is 26.2 Å². The average Bonchev–Trinajstić information content (AvgIpc) is 1.60. The van der Waals surface area contributed by atoms with Crippen LogP contribution < -0.4 is 5.73 Å². The molecule has 1 rings (SSSR count). The van der Waals surface area contributed by atoms with Gasteiger partial charge in [-0.15, -0.1) is 0 Å². The van der Waals surface area contributed by atoms with Gasteiger partial charge in [-0.3, -0.25) is 5.41 Å². The summed E-state index contributed by atoms with van der Waals surface area (Å²) in [4.78, 5) is 0. The van der Waals surface area contributed by atoms with Crippen LogP contribution in [0.5, 0.6) is 0 Å². The zero-order chi connectivity index (χ0) is 6.85. The first-order chi connectivity index (χ1) is 4.22. The third-order valence-electron chi connectivity index (χ3n) is 2.35. The second-order valence-corrected chi connectivity index (χ2v) is 2.94. The van der Waals surface area contributed by atoms with Gasteiger partial charge in [0.2, 0.25) is 0 Å². The van der Waals surface area contributed by atoms with Crippen LogP contribution in [0.3, 0.4) is 0 Å². The van der Waals surface area contributed by atoms with E-state index in [1.165, 1.54) is 19.3 Å². The lowest BCUT2D eigenvalue weighted by Crippen LogP contribution is -2.30. The number of rotatable bonds is 2. The Morgan fingerprint density at radius 2 is 2.22 bits per heavy atom. The molecule has 1 aliphatic rings. The highest BCUT2D eigenvalue weighted by molar-refractivity contribution is 5.79. The lowest BCUT2D eigenvalue weighted by Gasteiger charge is -2.30. The topological polar surface area (TPSA) is 49.9 Å². The van der Waals surface area contributed by atoms with Gasteiger partial charge in [0.15, 0.2) is 0 Å². The van der Waals surface area contributed by atoms with Crippen molar-refractivity contribution in [3.05, 3.63) is 0 Å². The number of hydrogen-bond donors (Lipinski definition) is 2. The van der Waals surface area contributed by atoms with Crippen LogP contribution in [0.2, 0.25) is 0 Å². The summed E-state index contributed by atoms with van der Waals surface area (Å²) in [6.07, 6.45) is 3.89. The molecule has 0 saturated heterocycles. The van der Waals surface area contributed by atoms with Crippen LogP contribution in [0.25, 0.3) is 0 Å². The Hall–Kier alpha value is -0.530. The van der Waals surface area contributed by atoms with Gasteiger partial charge in [-0.1, -0.05) is 13.3 Å². The van der Waals surface area contributed by atoms with Gasteiger partial charge in [0, 0.05) is 5.92 Å². The zero-order valence-electron chi connectivity index (χ0n) is 5.85. The Labute approximate surface area is 55.9 Å². The van der Waals surface area contributed by atoms with Crippen LogP contribution >= 0.6 is 0 Å². The highest BCUT2D eigenvalue weighted by Crippen LogP contribution is 2.32. The third-order valence-corrected chi connectivity index (χ3v) is 2.35. The second-order valence-electron chi connectivity index (χ2n) is 2.94. The summed E-state index contributed by atoms with van der Waals surface area (Å²) in [5.41, 5.74) is 5.33. The van der Waals surface area contributed by atoms with Crippen molar-refractivity contribution < 1.29 is 0 Å². The molecule has 1 saturated carbocycles. The van der Waals surface area contributed by atoms with Crippen LogP contribution in [0.15, 0.2) is 0 Å². The van der Waals surface area contributed by atoms with E-state index in [1.807, 2.05) is 6.92 Å². The van der Waals surface area contributed by atoms with E-state index in [9.17, 15) is 0 Å². The highest BCUT2D eigenvalue weighted by Gasteiger charge is 2.25. The fourth-order valence-corrected chi connectivity index (χ4v) is 1.19. The van der Waals surface area contributed by atoms with Crippen LogP contribution in [-0.2, 0) is 0 Å². The first kappa shape index (κ1) is 6.59. The van der Waals surface area contributed by atoms with E-state index in [2.05, 4.69) is 0 Å². The van der Waals surface area contributed by atoms with Crippen molar-refractivity contribution >= 4 is 5.84 Å². The average molecular weight is 126 g/mol. The number of nitrogens with two attached hydrogens (primary N) is 1. The van der Waals surface area contributed by atoms with Crippen molar-refractivity contribution in [2.75, 3.05) is 0 Å². The summed E-state index contributed by atoms with van der Waals surface area (Å²) in [6.45, 7) is 2.05. The smallest absolute Gasteiger partial charge is 0.0936 e. The summed E-state index contributed by atoms with van der Waals surface area (Å²) < 4.78 is 0. The summed E-state index contributed by atoms with van der Waals surface area (Å²) in [5, 5.41) is 7.15. The van der Waals surface area contributed by atoms with Crippen molar-refractivity contribution in [2.24, 2.45) is 17.6 Å². The quantitative estimate of drug-likeness (QED) is 0.426. The number of amidine groups is 1. The van der Waals surface area contributed by atoms with Crippen molar-refractivity contribution in [3.8, 4) is 0 Å². The minimum atomic E-state index is 0.332. The predicted molar refractivity (Wildman–Crippen MR) is 38.4 cm³/mol. The summed E-state index contributed by atoms with van der Waals surface area (Å²) in [6, 6.07) is 0. The van der Waals surface area contributed by atoms with Gasteiger partial charge in [0.05, 0.1) is 5.84 Å². The molecule has 0 aromatic heterocycles. The van der Waals surface area contributed by atoms with Crippen LogP contribution in [-0.4, -0.2) is 5.84 Å². The van der Waals surface area contributed by atoms with Gasteiger partial charge in [-0.05, 0) is 18.8 Å². The maximum absolute atomic E-state index is 7.15. The molecular formula is C7H14N2. The number of hydrogen-bond acceptors (Lipinski definition) is 1. The first-order valence-electron chi connectivity index (χ1n) is 3.55. The molecular weight excluding hydrogens is 112 g/mol. The maximum atomic E-state index is 7.15. The van der Waals surface area contributed by atoms with Gasteiger partial charge < -0.3 is 5.73 Å². The number of nitrogens with one attached hydrogen (secondary N) is 1. The first-order valence-corrected chi connectivity index (χ1v) is 3.55. The molecule has 1 fully saturated rings. The maximum Gasteiger partial charge on any atom is 0.0936 e. The van der Waals surface area contributed by atoms with E-state index in [-0.39, 0.29) is 0 Å². The van der Waals surface area contributed by atoms with Crippen molar-refractivity contribution in [2.45, 2.75) is 26.2 Å². The van der Waals surface area contributed by atoms with Crippen LogP contribution in [0, 0.1) is 17.2 Å². The van der Waals surface area contributed by atoms with Crippen LogP contribution in [0.4, 0.5) is 0 Å². The van der Waals surface area contributed by atoms with E-state index in [4.69, 9.17) is 11.1 Å². The van der Waals surface area contributed by atoms with E-state index in [1.54, 1.807) is 0 Å². The lowest BCUT2D eigenvalue weighted by molar-refractivity contribution is 0.266. The Morgan fingerprint density at radius 1 is 1.67 bits per heavy atom. The SMILES string of the molecule is C[C@H](C(=N)N)C1CCC1. The fourth-order valence-electron chi connectivity index (χ4n) is 1.19. The fraction of sp³-hybridized carbons (Fsp3) is 0.857. The van der Waals surface area contributed by atoms with Gasteiger partial charge in [0.1, 0.15) is 0 Å². The second kappa shape index (κ2) is 2.38. The molecule has 0 aromatic rings. The normalized spacial score (nSPS) is 22.8. The van der Waals surface area contributed by atoms with E-state index in [0.29, 0.717) is 11.8 Å².